The van der Waals surface area contributed by atoms with Crippen molar-refractivity contribution in [2.24, 2.45) is 5.73 Å². The summed E-state index contributed by atoms with van der Waals surface area (Å²) < 4.78 is 2.19. The number of rotatable bonds is 10. The summed E-state index contributed by atoms with van der Waals surface area (Å²) in [5.41, 5.74) is 12.6. The summed E-state index contributed by atoms with van der Waals surface area (Å²) >= 11 is 0. The van der Waals surface area contributed by atoms with Crippen molar-refractivity contribution in [3.05, 3.63) is 84.2 Å². The Kier molecular flexibility index (Phi) is 9.11. The Morgan fingerprint density at radius 3 is 2.47 bits per heavy atom. The smallest absolute Gasteiger partial charge is 0.321 e. The maximum Gasteiger partial charge on any atom is 0.321 e. The number of para-hydroxylation sites is 2. The van der Waals surface area contributed by atoms with E-state index in [-0.39, 0.29) is 29.8 Å². The van der Waals surface area contributed by atoms with Gasteiger partial charge in [-0.15, -0.1) is 0 Å². The highest BCUT2D eigenvalue weighted by molar-refractivity contribution is 5.94. The number of likely N-dealkylation sites (tertiary alicyclic amines) is 1. The molecule has 6 rings (SSSR count). The first-order valence-corrected chi connectivity index (χ1v) is 15.8. The molecule has 4 N–H and O–H groups in total. The van der Waals surface area contributed by atoms with Crippen molar-refractivity contribution < 1.29 is 14.4 Å². The topological polar surface area (TPSA) is 126 Å². The number of piperidine rings is 1. The van der Waals surface area contributed by atoms with Crippen LogP contribution >= 0.6 is 0 Å². The van der Waals surface area contributed by atoms with Crippen LogP contribution in [0.15, 0.2) is 72.8 Å². The van der Waals surface area contributed by atoms with Gasteiger partial charge in [0.05, 0.1) is 11.0 Å². The van der Waals surface area contributed by atoms with Gasteiger partial charge in [0, 0.05) is 70.3 Å². The van der Waals surface area contributed by atoms with E-state index in [0.717, 1.165) is 58.6 Å². The van der Waals surface area contributed by atoms with Crippen LogP contribution in [0.2, 0.25) is 0 Å². The summed E-state index contributed by atoms with van der Waals surface area (Å²) in [5.74, 6) is 1.12. The van der Waals surface area contributed by atoms with Gasteiger partial charge in [-0.1, -0.05) is 48.5 Å². The molecular formula is C35H41N7O3. The Morgan fingerprint density at radius 1 is 1.02 bits per heavy atom. The molecule has 0 spiro atoms. The van der Waals surface area contributed by atoms with Crippen LogP contribution in [-0.4, -0.2) is 71.1 Å². The molecule has 2 saturated heterocycles. The van der Waals surface area contributed by atoms with E-state index in [1.54, 1.807) is 4.90 Å². The Hall–Kier alpha value is -4.70. The van der Waals surface area contributed by atoms with E-state index in [1.807, 2.05) is 47.4 Å². The maximum atomic E-state index is 13.4. The van der Waals surface area contributed by atoms with Crippen LogP contribution in [0.4, 0.5) is 10.5 Å². The normalized spacial score (nSPS) is 17.4. The molecule has 2 unspecified atom stereocenters. The van der Waals surface area contributed by atoms with Crippen LogP contribution in [-0.2, 0) is 22.6 Å². The second kappa shape index (κ2) is 13.5. The van der Waals surface area contributed by atoms with Crippen LogP contribution in [0, 0.1) is 0 Å². The zero-order valence-corrected chi connectivity index (χ0v) is 25.7. The molecule has 0 aliphatic carbocycles. The average Bonchev–Trinajstić information content (AvgIpc) is 3.65. The van der Waals surface area contributed by atoms with Crippen molar-refractivity contribution in [2.45, 2.75) is 51.1 Å². The van der Waals surface area contributed by atoms with Gasteiger partial charge >= 0.3 is 6.03 Å². The minimum absolute atomic E-state index is 0.0527. The summed E-state index contributed by atoms with van der Waals surface area (Å²) in [6, 6.07) is 24.0. The molecule has 10 nitrogen and oxygen atoms in total. The number of hydrogen-bond acceptors (Lipinski definition) is 5. The number of carbonyl (C=O) groups excluding carboxylic acids is 3. The van der Waals surface area contributed by atoms with Gasteiger partial charge in [0.2, 0.25) is 11.8 Å². The van der Waals surface area contributed by atoms with Crippen LogP contribution in [0.5, 0.6) is 0 Å². The molecule has 0 saturated carbocycles. The van der Waals surface area contributed by atoms with Crippen molar-refractivity contribution in [3.8, 4) is 11.1 Å². The number of fused-ring (bicyclic) bond motifs is 1. The molecule has 234 valence electrons. The summed E-state index contributed by atoms with van der Waals surface area (Å²) in [7, 11) is 0. The number of aromatic nitrogens is 2. The van der Waals surface area contributed by atoms with E-state index in [4.69, 9.17) is 10.7 Å². The van der Waals surface area contributed by atoms with Gasteiger partial charge in [0.1, 0.15) is 5.82 Å². The second-order valence-electron chi connectivity index (χ2n) is 12.1. The first kappa shape index (κ1) is 30.3. The predicted molar refractivity (Wildman–Crippen MR) is 176 cm³/mol. The number of urea groups is 1. The monoisotopic (exact) mass is 607 g/mol. The molecule has 0 bridgehead atoms. The molecule has 3 aromatic carbocycles. The average molecular weight is 608 g/mol. The van der Waals surface area contributed by atoms with Gasteiger partial charge in [-0.3, -0.25) is 14.5 Å². The standard InChI is InChI=1S/C35H41N7O3/c1-24(43)37-16-20-42-32-7-3-2-6-31(32)39-34(42)28-5-4-18-40(23-28)33(44)22-29(36)21-25-8-10-26(11-9-25)27-12-14-30(15-13-27)41-19-17-38-35(41)45/h2-3,6-15,28-29H,4-5,16-23,36H2,1H3,(H,37,43)(H,38,45). The fourth-order valence-electron chi connectivity index (χ4n) is 6.51. The van der Waals surface area contributed by atoms with Crippen molar-refractivity contribution in [3.63, 3.8) is 0 Å². The summed E-state index contributed by atoms with van der Waals surface area (Å²) in [5, 5.41) is 5.72. The number of benzene rings is 3. The number of imidazole rings is 1. The van der Waals surface area contributed by atoms with E-state index in [9.17, 15) is 14.4 Å². The molecule has 10 heteroatoms. The third-order valence-corrected chi connectivity index (χ3v) is 8.79. The molecule has 4 aromatic rings. The summed E-state index contributed by atoms with van der Waals surface area (Å²) in [6.07, 6.45) is 2.78. The minimum Gasteiger partial charge on any atom is -0.355 e. The lowest BCUT2D eigenvalue weighted by atomic mass is 9.95. The van der Waals surface area contributed by atoms with Crippen LogP contribution in [0.25, 0.3) is 22.2 Å². The predicted octanol–water partition coefficient (Wildman–Crippen LogP) is 4.04. The zero-order valence-electron chi connectivity index (χ0n) is 25.7. The van der Waals surface area contributed by atoms with Gasteiger partial charge in [-0.05, 0) is 60.2 Å². The van der Waals surface area contributed by atoms with Crippen LogP contribution < -0.4 is 21.3 Å². The van der Waals surface area contributed by atoms with E-state index in [2.05, 4.69) is 45.5 Å². The molecule has 4 amide bonds. The van der Waals surface area contributed by atoms with E-state index in [0.29, 0.717) is 45.6 Å². The molecule has 2 atom stereocenters. The number of anilines is 1. The van der Waals surface area contributed by atoms with E-state index >= 15 is 0 Å². The zero-order chi connectivity index (χ0) is 31.3. The van der Waals surface area contributed by atoms with Gasteiger partial charge in [-0.25, -0.2) is 9.78 Å². The molecule has 1 aromatic heterocycles. The number of amides is 4. The first-order valence-electron chi connectivity index (χ1n) is 15.8. The summed E-state index contributed by atoms with van der Waals surface area (Å²) in [6.45, 7) is 5.37. The van der Waals surface area contributed by atoms with E-state index < -0.39 is 0 Å². The Labute approximate surface area is 263 Å². The SMILES string of the molecule is CC(=O)NCCn1c(C2CCCN(C(=O)CC(N)Cc3ccc(-c4ccc(N5CCNC5=O)cc4)cc3)C2)nc2ccccc21. The first-order chi connectivity index (χ1) is 21.9. The van der Waals surface area contributed by atoms with Crippen molar-refractivity contribution >= 4 is 34.6 Å². The lowest BCUT2D eigenvalue weighted by Crippen LogP contribution is -2.42. The molecular weight excluding hydrogens is 566 g/mol. The minimum atomic E-state index is -0.281. The van der Waals surface area contributed by atoms with Crippen molar-refractivity contribution in [1.29, 1.82) is 0 Å². The Bertz CT molecular complexity index is 1670. The molecule has 3 heterocycles. The number of nitrogens with zero attached hydrogens (tertiary/aromatic N) is 4. The molecule has 2 aliphatic heterocycles. The van der Waals surface area contributed by atoms with Gasteiger partial charge in [-0.2, -0.15) is 0 Å². The van der Waals surface area contributed by atoms with Crippen molar-refractivity contribution in [1.82, 2.24) is 25.1 Å². The Balaban J connectivity index is 1.05. The van der Waals surface area contributed by atoms with Gasteiger partial charge in [0.25, 0.3) is 0 Å². The third-order valence-electron chi connectivity index (χ3n) is 8.79. The number of carbonyl (C=O) groups is 3. The quantitative estimate of drug-likeness (QED) is 0.251. The van der Waals surface area contributed by atoms with Crippen LogP contribution in [0.1, 0.15) is 43.5 Å². The molecule has 0 radical (unpaired) electrons. The number of nitrogens with one attached hydrogen (secondary N) is 2. The fraction of sp³-hybridized carbons (Fsp3) is 0.371. The van der Waals surface area contributed by atoms with Crippen molar-refractivity contribution in [2.75, 3.05) is 37.6 Å². The van der Waals surface area contributed by atoms with Crippen LogP contribution in [0.3, 0.4) is 0 Å². The third kappa shape index (κ3) is 7.01. The summed E-state index contributed by atoms with van der Waals surface area (Å²) in [4.78, 5) is 45.5. The molecule has 45 heavy (non-hydrogen) atoms. The lowest BCUT2D eigenvalue weighted by molar-refractivity contribution is -0.132. The van der Waals surface area contributed by atoms with Gasteiger partial charge < -0.3 is 25.8 Å². The maximum absolute atomic E-state index is 13.4. The lowest BCUT2D eigenvalue weighted by Gasteiger charge is -2.33. The second-order valence-corrected chi connectivity index (χ2v) is 12.1. The number of hydrogen-bond donors (Lipinski definition) is 3. The molecule has 2 fully saturated rings. The highest BCUT2D eigenvalue weighted by atomic mass is 16.2. The Morgan fingerprint density at radius 2 is 1.76 bits per heavy atom. The highest BCUT2D eigenvalue weighted by Crippen LogP contribution is 2.30. The van der Waals surface area contributed by atoms with E-state index in [1.165, 1.54) is 6.92 Å². The van der Waals surface area contributed by atoms with Gasteiger partial charge in [0.15, 0.2) is 0 Å². The number of nitrogens with two attached hydrogens (primary N) is 1. The fourth-order valence-corrected chi connectivity index (χ4v) is 6.51. The largest absolute Gasteiger partial charge is 0.355 e. The molecule has 2 aliphatic rings. The highest BCUT2D eigenvalue weighted by Gasteiger charge is 2.29.